The van der Waals surface area contributed by atoms with Gasteiger partial charge in [0.2, 0.25) is 11.8 Å². The van der Waals surface area contributed by atoms with Crippen LogP contribution in [0.3, 0.4) is 0 Å². The quantitative estimate of drug-likeness (QED) is 0.00901. The topological polar surface area (TPSA) is 456 Å². The van der Waals surface area contributed by atoms with Gasteiger partial charge in [0.15, 0.2) is 11.6 Å². The number of nitrogens with one attached hydrogen (secondary N) is 5. The van der Waals surface area contributed by atoms with Crippen LogP contribution in [0.5, 0.6) is 11.5 Å². The summed E-state index contributed by atoms with van der Waals surface area (Å²) in [6.45, 7) is 15.8. The standard InChI is InChI=1S/C54H78N4O15.C52H75N3O17/c59-47(23-28-58-51(61)21-22-52(58)62)10-6-29-65-34-38-70-42-43-71-41-37-68-33-24-50(60)56-26-9-32-72-48-19-15-45(16-20-48)53(63)44-13-17-46(18-14-44)55-25-7-30-66-35-39-69-40-36-67-31-8-27-57-54(64)73-49-11-4-2-1-3-5-12-49;56-47(21-27-63-31-35-67-39-38-66-34-30-62-25-6-10-50(59)71-46-8-4-2-1-3-5-9-46)54-23-7-26-70-45-17-13-43(14-18-45)52(61)42-11-15-44(16-12-42)53-24-29-65-33-37-69-41-40-68-36-32-64-28-22-51(60)72-55-48(57)19-20-49(55)58/h1-2,13-22,49,55H,3-12,23-43H2,(H,56,60)(H,57,64);1-2,11-18,46,53H,3-10,19-41H2,(H,54,56)/b2*2-1+. The van der Waals surface area contributed by atoms with E-state index in [2.05, 4.69) is 50.9 Å². The molecule has 5 N–H and O–H groups in total. The van der Waals surface area contributed by atoms with Crippen LogP contribution in [0, 0.1) is 0 Å². The molecule has 0 aromatic heterocycles. The number of benzene rings is 4. The van der Waals surface area contributed by atoms with Gasteiger partial charge in [-0.25, -0.2) is 9.59 Å². The number of rotatable bonds is 83. The van der Waals surface area contributed by atoms with Gasteiger partial charge in [-0.2, -0.15) is 0 Å². The van der Waals surface area contributed by atoms with Crippen LogP contribution in [-0.4, -0.2) is 344 Å². The smallest absolute Gasteiger partial charge is 0.407 e. The molecule has 1 saturated heterocycles. The Kier molecular flexibility index (Phi) is 67.1. The monoisotopic (exact) mass is 2040 g/mol. The molecule has 2 heterocycles. The van der Waals surface area contributed by atoms with Crippen molar-refractivity contribution in [2.75, 3.05) is 261 Å². The number of Topliss-reactive ketones (excluding diaryl/α,β-unsaturated/α-hetero) is 1. The summed E-state index contributed by atoms with van der Waals surface area (Å²) >= 11 is 0. The average molecular weight is 2040 g/mol. The zero-order valence-corrected chi connectivity index (χ0v) is 84.2. The molecule has 1 fully saturated rings. The van der Waals surface area contributed by atoms with Gasteiger partial charge in [-0.3, -0.25) is 52.8 Å². The maximum Gasteiger partial charge on any atom is 0.407 e. The lowest BCUT2D eigenvalue weighted by Gasteiger charge is -2.18. The Hall–Kier alpha value is -10.9. The fraction of sp³-hybridized carbons (Fsp3) is 0.604. The minimum absolute atomic E-state index is 0.00765. The molecule has 2 aliphatic carbocycles. The fourth-order valence-electron chi connectivity index (χ4n) is 14.2. The van der Waals surface area contributed by atoms with Crippen molar-refractivity contribution in [2.45, 2.75) is 166 Å². The Morgan fingerprint density at radius 1 is 0.297 bits per heavy atom. The average Bonchev–Trinajstić information content (AvgIpc) is 1.72. The van der Waals surface area contributed by atoms with Gasteiger partial charge in [0, 0.05) is 156 Å². The molecule has 2 aliphatic heterocycles. The number of amides is 7. The summed E-state index contributed by atoms with van der Waals surface area (Å²) in [5.41, 5.74) is 4.02. The van der Waals surface area contributed by atoms with Gasteiger partial charge in [-0.1, -0.05) is 24.3 Å². The number of hydroxylamine groups is 2. The molecule has 4 aromatic carbocycles. The Morgan fingerprint density at radius 2 is 0.634 bits per heavy atom. The number of ether oxygens (including phenoxy) is 19. The minimum atomic E-state index is -0.712. The molecule has 4 aromatic rings. The van der Waals surface area contributed by atoms with Crippen molar-refractivity contribution >= 4 is 82.2 Å². The molecular weight excluding hydrogens is 1880 g/mol. The van der Waals surface area contributed by atoms with Crippen LogP contribution in [0.25, 0.3) is 0 Å². The highest BCUT2D eigenvalue weighted by molar-refractivity contribution is 6.13. The van der Waals surface area contributed by atoms with Crippen LogP contribution in [0.2, 0.25) is 0 Å². The fourth-order valence-corrected chi connectivity index (χ4v) is 14.2. The normalized spacial score (nSPS) is 15.0. The maximum absolute atomic E-state index is 13.1. The summed E-state index contributed by atoms with van der Waals surface area (Å²) in [4.78, 5) is 150. The second kappa shape index (κ2) is 80.3. The van der Waals surface area contributed by atoms with E-state index in [4.69, 9.17) is 94.8 Å². The second-order valence-electron chi connectivity index (χ2n) is 33.7. The van der Waals surface area contributed by atoms with Gasteiger partial charge in [0.05, 0.1) is 191 Å². The highest BCUT2D eigenvalue weighted by Gasteiger charge is 2.33. The summed E-state index contributed by atoms with van der Waals surface area (Å²) in [6, 6.07) is 28.6. The van der Waals surface area contributed by atoms with E-state index in [0.29, 0.717) is 302 Å². The number of carbonyl (C=O) groups is 12. The third-order valence-corrected chi connectivity index (χ3v) is 22.1. The molecule has 0 spiro atoms. The Balaban J connectivity index is 0.000000393. The van der Waals surface area contributed by atoms with Crippen LogP contribution < -0.4 is 36.1 Å². The summed E-state index contributed by atoms with van der Waals surface area (Å²) in [5.74, 6) is -1.82. The first kappa shape index (κ1) is 121. The summed E-state index contributed by atoms with van der Waals surface area (Å²) in [6.07, 6.45) is 25.8. The predicted molar refractivity (Wildman–Crippen MR) is 535 cm³/mol. The van der Waals surface area contributed by atoms with Crippen molar-refractivity contribution in [1.82, 2.24) is 25.9 Å². The molecule has 2 atom stereocenters. The molecule has 4 aliphatic rings. The highest BCUT2D eigenvalue weighted by Crippen LogP contribution is 2.23. The molecule has 2 unspecified atom stereocenters. The van der Waals surface area contributed by atoms with Gasteiger partial charge >= 0.3 is 18.0 Å². The van der Waals surface area contributed by atoms with Crippen LogP contribution >= 0.6 is 0 Å². The minimum Gasteiger partial charge on any atom is -0.494 e. The van der Waals surface area contributed by atoms with Crippen molar-refractivity contribution in [3.8, 4) is 11.5 Å². The first-order valence-corrected chi connectivity index (χ1v) is 51.0. The molecule has 39 heteroatoms. The summed E-state index contributed by atoms with van der Waals surface area (Å²) in [5, 5.41) is 15.7. The number of ketones is 3. The van der Waals surface area contributed by atoms with Crippen molar-refractivity contribution in [2.24, 2.45) is 0 Å². The number of hydrogen-bond donors (Lipinski definition) is 5. The Bertz CT molecular complexity index is 4340. The number of alkyl carbamates (subject to hydrolysis) is 1. The SMILES string of the molecule is O=C(CCCOCCOCCOCCOCCC(=O)NCCCOc1ccc(C(=O)c2ccc(NCCCOCCOCCOCCCNC(=O)OC3CC/C=C/CCC3)cc2)cc1)CCN1C(=O)C=CC1=O.O=C(CCOCCOCCOCCOCCCC(=O)OC1CC/C=C/CCC1)NCCCOc1ccc(C(=O)c2ccc(NCCOCCOCCOCCOCCC(=O)ON3C(=O)CCC3=O)cc2)cc1. The first-order chi connectivity index (χ1) is 71.1. The zero-order chi connectivity index (χ0) is 103. The molecule has 0 saturated carbocycles. The van der Waals surface area contributed by atoms with E-state index in [1.165, 1.54) is 12.2 Å². The number of esters is 1. The molecule has 804 valence electrons. The van der Waals surface area contributed by atoms with E-state index in [9.17, 15) is 57.5 Å². The molecule has 145 heavy (non-hydrogen) atoms. The summed E-state index contributed by atoms with van der Waals surface area (Å²) < 4.78 is 105. The number of carbonyl (C=O) groups excluding carboxylic acids is 12. The number of allylic oxidation sites excluding steroid dienone is 4. The van der Waals surface area contributed by atoms with E-state index < -0.39 is 17.8 Å². The zero-order valence-electron chi connectivity index (χ0n) is 84.2. The van der Waals surface area contributed by atoms with E-state index in [1.54, 1.807) is 72.8 Å². The van der Waals surface area contributed by atoms with Gasteiger partial charge in [-0.05, 0) is 200 Å². The third kappa shape index (κ3) is 59.5. The first-order valence-electron chi connectivity index (χ1n) is 51.0. The molecule has 0 radical (unpaired) electrons. The van der Waals surface area contributed by atoms with Crippen LogP contribution in [-0.2, 0) is 129 Å². The lowest BCUT2D eigenvalue weighted by Crippen LogP contribution is -2.32. The van der Waals surface area contributed by atoms with E-state index in [1.807, 2.05) is 24.3 Å². The summed E-state index contributed by atoms with van der Waals surface area (Å²) in [7, 11) is 0. The van der Waals surface area contributed by atoms with Gasteiger partial charge in [-0.15, -0.1) is 5.06 Å². The van der Waals surface area contributed by atoms with Gasteiger partial charge in [0.1, 0.15) is 29.5 Å². The van der Waals surface area contributed by atoms with Crippen LogP contribution in [0.1, 0.15) is 186 Å². The van der Waals surface area contributed by atoms with Crippen molar-refractivity contribution in [3.63, 3.8) is 0 Å². The van der Waals surface area contributed by atoms with Gasteiger partial charge < -0.3 is 121 Å². The number of imide groups is 2. The molecule has 0 bridgehead atoms. The third-order valence-electron chi connectivity index (χ3n) is 22.1. The lowest BCUT2D eigenvalue weighted by atomic mass is 10.0. The van der Waals surface area contributed by atoms with Gasteiger partial charge in [0.25, 0.3) is 23.6 Å². The predicted octanol–water partition coefficient (Wildman–Crippen LogP) is 10.7. The highest BCUT2D eigenvalue weighted by atomic mass is 16.7. The number of hydrogen-bond acceptors (Lipinski definition) is 34. The molecular formula is C106H153N7O32. The Morgan fingerprint density at radius 3 is 1.06 bits per heavy atom. The van der Waals surface area contributed by atoms with E-state index in [0.717, 1.165) is 93.4 Å². The number of anilines is 2. The second-order valence-corrected chi connectivity index (χ2v) is 33.7. The molecule has 39 nitrogen and oxygen atoms in total. The van der Waals surface area contributed by atoms with E-state index >= 15 is 0 Å². The van der Waals surface area contributed by atoms with Crippen LogP contribution in [0.4, 0.5) is 16.2 Å². The largest absolute Gasteiger partial charge is 0.494 e. The number of nitrogens with zero attached hydrogens (tertiary/aromatic N) is 2. The van der Waals surface area contributed by atoms with Crippen molar-refractivity contribution < 1.29 is 152 Å². The Labute approximate surface area is 851 Å². The lowest BCUT2D eigenvalue weighted by molar-refractivity contribution is -0.198. The van der Waals surface area contributed by atoms with Crippen molar-refractivity contribution in [1.29, 1.82) is 0 Å². The van der Waals surface area contributed by atoms with E-state index in [-0.39, 0.29) is 130 Å². The van der Waals surface area contributed by atoms with Crippen molar-refractivity contribution in [3.05, 3.63) is 156 Å². The maximum atomic E-state index is 13.1. The molecule has 7 amide bonds. The van der Waals surface area contributed by atoms with Crippen LogP contribution in [0.15, 0.2) is 134 Å². The molecule has 8 rings (SSSR count).